The molecule has 2 aromatic heterocycles. The Morgan fingerprint density at radius 2 is 2.06 bits per heavy atom. The summed E-state index contributed by atoms with van der Waals surface area (Å²) in [5.74, 6) is -0.852. The van der Waals surface area contributed by atoms with Gasteiger partial charge in [0.2, 0.25) is 11.4 Å². The van der Waals surface area contributed by atoms with E-state index in [1.165, 1.54) is 30.5 Å². The molecule has 0 spiro atoms. The summed E-state index contributed by atoms with van der Waals surface area (Å²) in [6.07, 6.45) is 0.593. The largest absolute Gasteiger partial charge is 0.468 e. The Labute approximate surface area is 203 Å². The summed E-state index contributed by atoms with van der Waals surface area (Å²) in [5, 5.41) is 2.68. The lowest BCUT2D eigenvalue weighted by molar-refractivity contribution is -0.154. The van der Waals surface area contributed by atoms with Gasteiger partial charge >= 0.3 is 12.2 Å². The SMILES string of the molecule is Cc1cc(NC(=O)N2[C@H]3CC[C@@H]2c2c[nH]c(=O)cc2C3)c(F)cc1-c1ccc(OCC(F)(F)F)nc1. The fourth-order valence-corrected chi connectivity index (χ4v) is 5.01. The fraction of sp³-hybridized carbons (Fsp3) is 0.320. The van der Waals surface area contributed by atoms with Crippen molar-refractivity contribution in [1.29, 1.82) is 0 Å². The van der Waals surface area contributed by atoms with Gasteiger partial charge in [0.05, 0.1) is 11.7 Å². The molecular weight excluding hydrogens is 480 g/mol. The molecule has 2 atom stereocenters. The van der Waals surface area contributed by atoms with Crippen LogP contribution >= 0.6 is 0 Å². The van der Waals surface area contributed by atoms with Crippen LogP contribution in [0, 0.1) is 12.7 Å². The molecule has 5 rings (SSSR count). The lowest BCUT2D eigenvalue weighted by Crippen LogP contribution is -2.44. The number of halogens is 4. The number of hydrogen-bond acceptors (Lipinski definition) is 4. The zero-order valence-electron chi connectivity index (χ0n) is 19.2. The second kappa shape index (κ2) is 8.96. The third kappa shape index (κ3) is 4.65. The average molecular weight is 502 g/mol. The van der Waals surface area contributed by atoms with Gasteiger partial charge < -0.3 is 19.9 Å². The van der Waals surface area contributed by atoms with E-state index < -0.39 is 24.6 Å². The highest BCUT2D eigenvalue weighted by Crippen LogP contribution is 2.43. The number of aromatic amines is 1. The highest BCUT2D eigenvalue weighted by Gasteiger charge is 2.43. The summed E-state index contributed by atoms with van der Waals surface area (Å²) in [6, 6.07) is 6.42. The molecule has 2 N–H and O–H groups in total. The molecule has 1 aromatic carbocycles. The van der Waals surface area contributed by atoms with Gasteiger partial charge in [-0.05, 0) is 66.6 Å². The number of ether oxygens (including phenoxy) is 1. The number of amides is 2. The maximum atomic E-state index is 15.0. The fourth-order valence-electron chi connectivity index (χ4n) is 5.01. The molecule has 0 saturated carbocycles. The minimum atomic E-state index is -4.48. The van der Waals surface area contributed by atoms with E-state index >= 15 is 4.39 Å². The molecule has 1 fully saturated rings. The number of anilines is 1. The molecular formula is C25H22F4N4O3. The van der Waals surface area contributed by atoms with Crippen LogP contribution < -0.4 is 15.6 Å². The molecule has 1 saturated heterocycles. The number of nitrogens with zero attached hydrogens (tertiary/aromatic N) is 2. The van der Waals surface area contributed by atoms with Crippen LogP contribution in [0.15, 0.2) is 47.5 Å². The lowest BCUT2D eigenvalue weighted by Gasteiger charge is -2.36. The number of benzene rings is 1. The molecule has 188 valence electrons. The van der Waals surface area contributed by atoms with Gasteiger partial charge in [-0.25, -0.2) is 14.2 Å². The molecule has 36 heavy (non-hydrogen) atoms. The Morgan fingerprint density at radius 3 is 2.78 bits per heavy atom. The minimum absolute atomic E-state index is 0.0194. The highest BCUT2D eigenvalue weighted by atomic mass is 19.4. The van der Waals surface area contributed by atoms with E-state index in [1.807, 2.05) is 0 Å². The number of nitrogens with one attached hydrogen (secondary N) is 2. The number of alkyl halides is 3. The van der Waals surface area contributed by atoms with E-state index in [9.17, 15) is 22.8 Å². The summed E-state index contributed by atoms with van der Waals surface area (Å²) < 4.78 is 56.6. The van der Waals surface area contributed by atoms with Crippen molar-refractivity contribution in [2.45, 2.75) is 44.4 Å². The number of urea groups is 1. The number of carbonyl (C=O) groups excluding carboxylic acids is 1. The van der Waals surface area contributed by atoms with Crippen molar-refractivity contribution < 1.29 is 27.1 Å². The van der Waals surface area contributed by atoms with Crippen molar-refractivity contribution in [2.24, 2.45) is 0 Å². The normalized spacial score (nSPS) is 18.6. The van der Waals surface area contributed by atoms with Gasteiger partial charge in [-0.15, -0.1) is 0 Å². The first kappa shape index (κ1) is 23.8. The predicted molar refractivity (Wildman–Crippen MR) is 123 cm³/mol. The van der Waals surface area contributed by atoms with E-state index in [2.05, 4.69) is 20.0 Å². The van der Waals surface area contributed by atoms with Gasteiger partial charge in [0.1, 0.15) is 5.82 Å². The van der Waals surface area contributed by atoms with Crippen LogP contribution in [0.1, 0.15) is 35.6 Å². The first-order chi connectivity index (χ1) is 17.1. The van der Waals surface area contributed by atoms with Crippen LogP contribution in [0.3, 0.4) is 0 Å². The Hall–Kier alpha value is -3.89. The van der Waals surface area contributed by atoms with Gasteiger partial charge in [-0.2, -0.15) is 13.2 Å². The van der Waals surface area contributed by atoms with Gasteiger partial charge in [-0.1, -0.05) is 0 Å². The van der Waals surface area contributed by atoms with Crippen LogP contribution in [0.4, 0.5) is 28.0 Å². The second-order valence-corrected chi connectivity index (χ2v) is 9.00. The molecule has 2 amide bonds. The van der Waals surface area contributed by atoms with E-state index in [0.29, 0.717) is 23.1 Å². The van der Waals surface area contributed by atoms with E-state index in [-0.39, 0.29) is 29.2 Å². The number of pyridine rings is 2. The number of carbonyl (C=O) groups is 1. The van der Waals surface area contributed by atoms with Crippen molar-refractivity contribution >= 4 is 11.7 Å². The number of rotatable bonds is 4. The van der Waals surface area contributed by atoms with Crippen molar-refractivity contribution in [3.63, 3.8) is 0 Å². The van der Waals surface area contributed by atoms with Gasteiger partial charge in [0, 0.05) is 36.1 Å². The zero-order valence-corrected chi connectivity index (χ0v) is 19.2. The van der Waals surface area contributed by atoms with Crippen LogP contribution in [0.25, 0.3) is 11.1 Å². The quantitative estimate of drug-likeness (QED) is 0.485. The van der Waals surface area contributed by atoms with Gasteiger partial charge in [0.25, 0.3) is 0 Å². The smallest absolute Gasteiger partial charge is 0.422 e. The van der Waals surface area contributed by atoms with E-state index in [1.54, 1.807) is 24.1 Å². The molecule has 2 bridgehead atoms. The van der Waals surface area contributed by atoms with E-state index in [0.717, 1.165) is 24.0 Å². The second-order valence-electron chi connectivity index (χ2n) is 9.00. The Kier molecular flexibility index (Phi) is 5.93. The Morgan fingerprint density at radius 1 is 1.25 bits per heavy atom. The molecule has 0 aliphatic carbocycles. The van der Waals surface area contributed by atoms with Crippen LogP contribution in [0.2, 0.25) is 0 Å². The van der Waals surface area contributed by atoms with Crippen molar-refractivity contribution in [3.05, 3.63) is 75.6 Å². The van der Waals surface area contributed by atoms with E-state index in [4.69, 9.17) is 0 Å². The van der Waals surface area contributed by atoms with Crippen molar-refractivity contribution in [2.75, 3.05) is 11.9 Å². The summed E-state index contributed by atoms with van der Waals surface area (Å²) in [7, 11) is 0. The maximum Gasteiger partial charge on any atom is 0.422 e. The first-order valence-electron chi connectivity index (χ1n) is 11.4. The number of hydrogen-bond donors (Lipinski definition) is 2. The standard InChI is InChI=1S/C25H22F4N4O3/c1-13-6-20(19(26)9-17(13)14-2-5-23(31-10-14)36-12-25(27,28)29)32-24(35)33-16-3-4-21(33)18-11-30-22(34)8-15(18)7-16/h2,5-6,8-11,16,21H,3-4,7,12H2,1H3,(H,30,34)(H,32,35)/t16-,21+/m0/s1. The predicted octanol–water partition coefficient (Wildman–Crippen LogP) is 5.12. The highest BCUT2D eigenvalue weighted by molar-refractivity contribution is 5.91. The average Bonchev–Trinajstić information content (AvgIpc) is 3.14. The number of H-pyrrole nitrogens is 1. The maximum absolute atomic E-state index is 15.0. The molecule has 11 heteroatoms. The van der Waals surface area contributed by atoms with Crippen LogP contribution in [-0.4, -0.2) is 39.7 Å². The summed E-state index contributed by atoms with van der Waals surface area (Å²) in [4.78, 5) is 33.1. The molecule has 0 unspecified atom stereocenters. The summed E-state index contributed by atoms with van der Waals surface area (Å²) in [6.45, 7) is 0.277. The summed E-state index contributed by atoms with van der Waals surface area (Å²) in [5.41, 5.74) is 3.29. The Bertz CT molecular complexity index is 1370. The topological polar surface area (TPSA) is 87.3 Å². The molecule has 2 aliphatic heterocycles. The van der Waals surface area contributed by atoms with Crippen LogP contribution in [-0.2, 0) is 6.42 Å². The number of aryl methyl sites for hydroxylation is 1. The van der Waals surface area contributed by atoms with Gasteiger partial charge in [-0.3, -0.25) is 4.79 Å². The third-order valence-electron chi connectivity index (χ3n) is 6.58. The third-order valence-corrected chi connectivity index (χ3v) is 6.58. The number of aromatic nitrogens is 2. The van der Waals surface area contributed by atoms with Crippen LogP contribution in [0.5, 0.6) is 5.88 Å². The lowest BCUT2D eigenvalue weighted by atomic mass is 9.95. The summed E-state index contributed by atoms with van der Waals surface area (Å²) >= 11 is 0. The zero-order chi connectivity index (χ0) is 25.6. The molecule has 3 aromatic rings. The first-order valence-corrected chi connectivity index (χ1v) is 11.4. The molecule has 0 radical (unpaired) electrons. The Balaban J connectivity index is 1.32. The monoisotopic (exact) mass is 502 g/mol. The van der Waals surface area contributed by atoms with Crippen molar-refractivity contribution in [3.8, 4) is 17.0 Å². The number of fused-ring (bicyclic) bond motifs is 4. The minimum Gasteiger partial charge on any atom is -0.468 e. The van der Waals surface area contributed by atoms with Gasteiger partial charge in [0.15, 0.2) is 6.61 Å². The van der Waals surface area contributed by atoms with Crippen molar-refractivity contribution in [1.82, 2.24) is 14.9 Å². The molecule has 4 heterocycles. The molecule has 2 aliphatic rings. The molecule has 7 nitrogen and oxygen atoms in total.